The highest BCUT2D eigenvalue weighted by Gasteiger charge is 2.58. The summed E-state index contributed by atoms with van der Waals surface area (Å²) in [4.78, 5) is 0. The van der Waals surface area contributed by atoms with Gasteiger partial charge in [-0.3, -0.25) is 0 Å². The van der Waals surface area contributed by atoms with E-state index in [9.17, 15) is 5.11 Å². The molecular formula is C29H48O. The van der Waals surface area contributed by atoms with Crippen molar-refractivity contribution in [3.63, 3.8) is 0 Å². The van der Waals surface area contributed by atoms with Crippen molar-refractivity contribution < 1.29 is 5.11 Å². The molecule has 0 aromatic rings. The molecule has 4 rings (SSSR count). The van der Waals surface area contributed by atoms with Gasteiger partial charge in [-0.2, -0.15) is 0 Å². The minimum absolute atomic E-state index is 0.0449. The van der Waals surface area contributed by atoms with Crippen molar-refractivity contribution >= 4 is 0 Å². The third-order valence-electron chi connectivity index (χ3n) is 10.8. The molecule has 0 amide bonds. The van der Waals surface area contributed by atoms with Gasteiger partial charge in [-0.15, -0.1) is 0 Å². The first-order valence-corrected chi connectivity index (χ1v) is 13.2. The fraction of sp³-hybridized carbons (Fsp3) is 0.862. The van der Waals surface area contributed by atoms with E-state index in [-0.39, 0.29) is 6.10 Å². The summed E-state index contributed by atoms with van der Waals surface area (Å²) in [5, 5.41) is 10.3. The maximum absolute atomic E-state index is 10.3. The van der Waals surface area contributed by atoms with Gasteiger partial charge in [0.2, 0.25) is 0 Å². The molecule has 0 radical (unpaired) electrons. The lowest BCUT2D eigenvalue weighted by molar-refractivity contribution is -0.0427. The Kier molecular flexibility index (Phi) is 6.35. The molecule has 3 saturated carbocycles. The zero-order valence-corrected chi connectivity index (χ0v) is 20.7. The molecule has 3 fully saturated rings. The van der Waals surface area contributed by atoms with Crippen LogP contribution < -0.4 is 0 Å². The molecule has 0 spiro atoms. The van der Waals surface area contributed by atoms with Gasteiger partial charge in [0.05, 0.1) is 6.10 Å². The largest absolute Gasteiger partial charge is 0.393 e. The van der Waals surface area contributed by atoms with E-state index in [1.807, 2.05) is 5.57 Å². The van der Waals surface area contributed by atoms with E-state index >= 15 is 0 Å². The molecular weight excluding hydrogens is 364 g/mol. The zero-order chi connectivity index (χ0) is 21.7. The van der Waals surface area contributed by atoms with Crippen molar-refractivity contribution in [2.24, 2.45) is 46.3 Å². The van der Waals surface area contributed by atoms with Gasteiger partial charge in [-0.25, -0.2) is 0 Å². The molecule has 0 aromatic heterocycles. The van der Waals surface area contributed by atoms with E-state index in [1.165, 1.54) is 51.4 Å². The van der Waals surface area contributed by atoms with Crippen LogP contribution in [-0.4, -0.2) is 11.2 Å². The van der Waals surface area contributed by atoms with E-state index in [2.05, 4.69) is 53.7 Å². The van der Waals surface area contributed by atoms with Crippen LogP contribution in [0.25, 0.3) is 0 Å². The summed E-state index contributed by atoms with van der Waals surface area (Å²) in [6.45, 7) is 14.7. The Balaban J connectivity index is 1.50. The molecule has 6 unspecified atom stereocenters. The van der Waals surface area contributed by atoms with Crippen LogP contribution >= 0.6 is 0 Å². The second kappa shape index (κ2) is 8.42. The van der Waals surface area contributed by atoms with E-state index in [1.54, 1.807) is 5.57 Å². The van der Waals surface area contributed by atoms with Gasteiger partial charge in [0.1, 0.15) is 0 Å². The van der Waals surface area contributed by atoms with Crippen LogP contribution in [-0.2, 0) is 0 Å². The van der Waals surface area contributed by atoms with Gasteiger partial charge in [0.15, 0.2) is 0 Å². The molecule has 30 heavy (non-hydrogen) atoms. The summed E-state index contributed by atoms with van der Waals surface area (Å²) in [5.41, 5.74) is 4.49. The lowest BCUT2D eigenvalue weighted by atomic mass is 9.47. The minimum atomic E-state index is -0.0449. The molecule has 1 N–H and O–H groups in total. The van der Waals surface area contributed by atoms with Gasteiger partial charge in [0, 0.05) is 0 Å². The molecule has 1 nitrogen and oxygen atoms in total. The predicted octanol–water partition coefficient (Wildman–Crippen LogP) is 7.94. The summed E-state index contributed by atoms with van der Waals surface area (Å²) in [5.74, 6) is 4.77. The highest BCUT2D eigenvalue weighted by molar-refractivity contribution is 5.27. The predicted molar refractivity (Wildman–Crippen MR) is 128 cm³/mol. The second-order valence-electron chi connectivity index (χ2n) is 12.4. The summed E-state index contributed by atoms with van der Waals surface area (Å²) in [6, 6.07) is 0. The van der Waals surface area contributed by atoms with E-state index in [0.29, 0.717) is 22.7 Å². The van der Waals surface area contributed by atoms with Crippen molar-refractivity contribution in [2.45, 2.75) is 112 Å². The van der Waals surface area contributed by atoms with Crippen LogP contribution in [0.5, 0.6) is 0 Å². The number of fused-ring (bicyclic) bond motifs is 5. The lowest BCUT2D eigenvalue weighted by Gasteiger charge is -2.57. The zero-order valence-electron chi connectivity index (χ0n) is 20.7. The van der Waals surface area contributed by atoms with Gasteiger partial charge < -0.3 is 5.11 Å². The molecule has 4 aliphatic carbocycles. The molecule has 0 saturated heterocycles. The van der Waals surface area contributed by atoms with E-state index < -0.39 is 0 Å². The highest BCUT2D eigenvalue weighted by Crippen LogP contribution is 2.67. The van der Waals surface area contributed by atoms with Crippen LogP contribution in [0.3, 0.4) is 0 Å². The minimum Gasteiger partial charge on any atom is -0.393 e. The van der Waals surface area contributed by atoms with Crippen molar-refractivity contribution in [1.82, 2.24) is 0 Å². The fourth-order valence-corrected chi connectivity index (χ4v) is 8.83. The third kappa shape index (κ3) is 3.66. The number of hydrogen-bond acceptors (Lipinski definition) is 1. The first kappa shape index (κ1) is 22.6. The van der Waals surface area contributed by atoms with Crippen molar-refractivity contribution in [2.75, 3.05) is 0 Å². The van der Waals surface area contributed by atoms with Crippen LogP contribution in [0, 0.1) is 46.3 Å². The quantitative estimate of drug-likeness (QED) is 0.454. The SMILES string of the molecule is C/C=C(\CCC(C)C1CCC2C3=CC[C@H]4C[C@@H](O)CCC4(C)C3CCC21C)C(C)C. The molecule has 8 atom stereocenters. The van der Waals surface area contributed by atoms with Crippen molar-refractivity contribution in [3.05, 3.63) is 23.3 Å². The topological polar surface area (TPSA) is 20.2 Å². The number of aliphatic hydroxyl groups excluding tert-OH is 1. The monoisotopic (exact) mass is 412 g/mol. The summed E-state index contributed by atoms with van der Waals surface area (Å²) >= 11 is 0. The van der Waals surface area contributed by atoms with Gasteiger partial charge >= 0.3 is 0 Å². The lowest BCUT2D eigenvalue weighted by Crippen LogP contribution is -2.49. The molecule has 0 bridgehead atoms. The van der Waals surface area contributed by atoms with Crippen molar-refractivity contribution in [3.8, 4) is 0 Å². The summed E-state index contributed by atoms with van der Waals surface area (Å²) in [7, 11) is 0. The number of aliphatic hydroxyl groups is 1. The fourth-order valence-electron chi connectivity index (χ4n) is 8.83. The van der Waals surface area contributed by atoms with Gasteiger partial charge in [-0.1, -0.05) is 57.9 Å². The molecule has 4 aliphatic rings. The smallest absolute Gasteiger partial charge is 0.0543 e. The summed E-state index contributed by atoms with van der Waals surface area (Å²) < 4.78 is 0. The highest BCUT2D eigenvalue weighted by atomic mass is 16.3. The average molecular weight is 413 g/mol. The normalized spacial score (nSPS) is 44.9. The van der Waals surface area contributed by atoms with Crippen LogP contribution in [0.4, 0.5) is 0 Å². The molecule has 1 heteroatoms. The Morgan fingerprint density at radius 3 is 2.47 bits per heavy atom. The maximum Gasteiger partial charge on any atom is 0.0543 e. The first-order chi connectivity index (χ1) is 14.2. The van der Waals surface area contributed by atoms with Gasteiger partial charge in [0.25, 0.3) is 0 Å². The molecule has 0 heterocycles. The van der Waals surface area contributed by atoms with Crippen molar-refractivity contribution in [1.29, 1.82) is 0 Å². The third-order valence-corrected chi connectivity index (χ3v) is 10.8. The Morgan fingerprint density at radius 2 is 1.77 bits per heavy atom. The Hall–Kier alpha value is -0.560. The van der Waals surface area contributed by atoms with E-state index in [0.717, 1.165) is 36.5 Å². The summed E-state index contributed by atoms with van der Waals surface area (Å²) in [6.07, 6.45) is 17.9. The Labute approximate surface area is 186 Å². The number of hydrogen-bond donors (Lipinski definition) is 1. The number of rotatable bonds is 5. The van der Waals surface area contributed by atoms with Crippen LogP contribution in [0.1, 0.15) is 106 Å². The van der Waals surface area contributed by atoms with E-state index in [4.69, 9.17) is 0 Å². The molecule has 170 valence electrons. The van der Waals surface area contributed by atoms with Gasteiger partial charge in [-0.05, 0) is 117 Å². The van der Waals surface area contributed by atoms with Crippen LogP contribution in [0.2, 0.25) is 0 Å². The Bertz CT molecular complexity index is 686. The second-order valence-corrected chi connectivity index (χ2v) is 12.4. The Morgan fingerprint density at radius 1 is 1.07 bits per heavy atom. The first-order valence-electron chi connectivity index (χ1n) is 13.2. The molecule has 0 aliphatic heterocycles. The average Bonchev–Trinajstić information content (AvgIpc) is 3.06. The maximum atomic E-state index is 10.3. The standard InChI is InChI=1S/C29H48O/c1-7-21(19(2)3)9-8-20(4)25-12-13-26-24-11-10-22-18-23(30)14-16-28(22,5)27(24)15-17-29(25,26)6/h7,11,19-20,22-23,25-27,30H,8-10,12-18H2,1-6H3/b21-7+/t20?,22-,23-,25?,26?,27?,28?,29?/m0/s1. The van der Waals surface area contributed by atoms with Crippen LogP contribution in [0.15, 0.2) is 23.3 Å². The molecule has 0 aromatic carbocycles. The number of allylic oxidation sites excluding steroid dienone is 4.